The Morgan fingerprint density at radius 1 is 0.951 bits per heavy atom. The predicted molar refractivity (Wildman–Crippen MR) is 157 cm³/mol. The number of methoxy groups -OCH3 is 2. The largest absolute Gasteiger partial charge is 0.493 e. The highest BCUT2D eigenvalue weighted by molar-refractivity contribution is 7.98. The van der Waals surface area contributed by atoms with E-state index in [0.717, 1.165) is 16.1 Å². The summed E-state index contributed by atoms with van der Waals surface area (Å²) >= 11 is 1.63. The topological polar surface area (TPSA) is 105 Å². The molecule has 11 heteroatoms. The van der Waals surface area contributed by atoms with Crippen LogP contribution < -0.4 is 14.4 Å². The quantitative estimate of drug-likeness (QED) is 0.228. The van der Waals surface area contributed by atoms with Gasteiger partial charge in [-0.2, -0.15) is 0 Å². The number of amides is 2. The summed E-state index contributed by atoms with van der Waals surface area (Å²) in [5, 5.41) is 11.0. The van der Waals surface area contributed by atoms with Gasteiger partial charge in [-0.1, -0.05) is 12.1 Å². The molecule has 2 heterocycles. The van der Waals surface area contributed by atoms with Gasteiger partial charge in [0.05, 0.1) is 31.1 Å². The third kappa shape index (κ3) is 5.29. The minimum absolute atomic E-state index is 0.0425. The second-order valence-corrected chi connectivity index (χ2v) is 10.9. The van der Waals surface area contributed by atoms with Crippen LogP contribution in [0.1, 0.15) is 33.4 Å². The van der Waals surface area contributed by atoms with Gasteiger partial charge in [0.1, 0.15) is 0 Å². The molecule has 3 aromatic carbocycles. The molecule has 0 bridgehead atoms. The maximum atomic E-state index is 14.4. The number of fused-ring (bicyclic) bond motifs is 1. The Hall–Kier alpha value is -4.25. The van der Waals surface area contributed by atoms with Crippen molar-refractivity contribution in [3.8, 4) is 11.5 Å². The highest BCUT2D eigenvalue weighted by Gasteiger charge is 2.45. The molecule has 0 N–H and O–H groups in total. The summed E-state index contributed by atoms with van der Waals surface area (Å²) in [7, 11) is 4.79. The van der Waals surface area contributed by atoms with Crippen molar-refractivity contribution in [1.82, 2.24) is 9.80 Å². The van der Waals surface area contributed by atoms with E-state index in [2.05, 4.69) is 4.90 Å². The van der Waals surface area contributed by atoms with Crippen LogP contribution in [0.25, 0.3) is 0 Å². The number of benzene rings is 3. The van der Waals surface area contributed by atoms with Crippen LogP contribution in [0.4, 0.5) is 11.4 Å². The monoisotopic (exact) mass is 576 g/mol. The van der Waals surface area contributed by atoms with Gasteiger partial charge >= 0.3 is 0 Å². The van der Waals surface area contributed by atoms with E-state index in [0.29, 0.717) is 48.8 Å². The number of piperazine rings is 1. The van der Waals surface area contributed by atoms with Crippen molar-refractivity contribution in [2.24, 2.45) is 0 Å². The molecule has 41 heavy (non-hydrogen) atoms. The summed E-state index contributed by atoms with van der Waals surface area (Å²) in [5.41, 5.74) is 2.83. The normalized spacial score (nSPS) is 18.6. The van der Waals surface area contributed by atoms with Crippen LogP contribution in [-0.4, -0.2) is 80.2 Å². The first-order valence-corrected chi connectivity index (χ1v) is 14.4. The molecule has 5 rings (SSSR count). The summed E-state index contributed by atoms with van der Waals surface area (Å²) in [5.74, 6) is -0.0230. The minimum Gasteiger partial charge on any atom is -0.493 e. The molecular weight excluding hydrogens is 544 g/mol. The van der Waals surface area contributed by atoms with Crippen molar-refractivity contribution in [3.05, 3.63) is 87.5 Å². The van der Waals surface area contributed by atoms with Gasteiger partial charge in [-0.3, -0.25) is 19.7 Å². The molecule has 3 aromatic rings. The summed E-state index contributed by atoms with van der Waals surface area (Å²) in [6, 6.07) is 17.4. The van der Waals surface area contributed by atoms with E-state index in [4.69, 9.17) is 9.47 Å². The number of rotatable bonds is 7. The fourth-order valence-corrected chi connectivity index (χ4v) is 6.11. The number of ether oxygens (including phenoxy) is 2. The van der Waals surface area contributed by atoms with Gasteiger partial charge in [0.2, 0.25) is 5.91 Å². The predicted octanol–water partition coefficient (Wildman–Crippen LogP) is 4.59. The summed E-state index contributed by atoms with van der Waals surface area (Å²) in [6.07, 6.45) is 2.00. The second kappa shape index (κ2) is 11.7. The minimum atomic E-state index is -0.654. The molecule has 214 valence electrons. The van der Waals surface area contributed by atoms with Crippen molar-refractivity contribution in [2.75, 3.05) is 58.6 Å². The molecule has 1 saturated heterocycles. The van der Waals surface area contributed by atoms with Gasteiger partial charge in [-0.25, -0.2) is 0 Å². The highest BCUT2D eigenvalue weighted by Crippen LogP contribution is 2.46. The average Bonchev–Trinajstić information content (AvgIpc) is 3.01. The van der Waals surface area contributed by atoms with Crippen molar-refractivity contribution in [2.45, 2.75) is 16.9 Å². The SMILES string of the molecule is COc1cc2c(cc1OC)[C@@H](C(=O)N1CCN(c3ccc([N+](=O)[O-])cc3)CC1)[C@H](c1ccc(SC)cc1)N(C)C2=O. The van der Waals surface area contributed by atoms with Crippen LogP contribution in [0.3, 0.4) is 0 Å². The maximum Gasteiger partial charge on any atom is 0.269 e. The van der Waals surface area contributed by atoms with Crippen LogP contribution in [-0.2, 0) is 4.79 Å². The lowest BCUT2D eigenvalue weighted by Gasteiger charge is -2.43. The molecule has 2 aliphatic rings. The van der Waals surface area contributed by atoms with Gasteiger partial charge in [-0.15, -0.1) is 11.8 Å². The van der Waals surface area contributed by atoms with Crippen LogP contribution in [0.15, 0.2) is 65.6 Å². The number of non-ortho nitro benzene ring substituents is 1. The zero-order valence-electron chi connectivity index (χ0n) is 23.4. The van der Waals surface area contributed by atoms with Crippen LogP contribution >= 0.6 is 11.8 Å². The molecule has 0 radical (unpaired) electrons. The first-order valence-electron chi connectivity index (χ1n) is 13.2. The molecule has 2 atom stereocenters. The lowest BCUT2D eigenvalue weighted by molar-refractivity contribution is -0.384. The Labute approximate surface area is 243 Å². The fourth-order valence-electron chi connectivity index (χ4n) is 5.70. The molecule has 0 spiro atoms. The van der Waals surface area contributed by atoms with Gasteiger partial charge < -0.3 is 24.2 Å². The summed E-state index contributed by atoms with van der Waals surface area (Å²) in [6.45, 7) is 2.11. The van der Waals surface area contributed by atoms with Gasteiger partial charge in [0.25, 0.3) is 11.6 Å². The first kappa shape index (κ1) is 28.3. The second-order valence-electron chi connectivity index (χ2n) is 9.99. The summed E-state index contributed by atoms with van der Waals surface area (Å²) in [4.78, 5) is 45.4. The van der Waals surface area contributed by atoms with Crippen LogP contribution in [0.5, 0.6) is 11.5 Å². The van der Waals surface area contributed by atoms with E-state index in [9.17, 15) is 19.7 Å². The van der Waals surface area contributed by atoms with E-state index >= 15 is 0 Å². The number of thioether (sulfide) groups is 1. The molecule has 10 nitrogen and oxygen atoms in total. The molecular formula is C30H32N4O6S. The molecule has 0 unspecified atom stereocenters. The first-order chi connectivity index (χ1) is 19.8. The summed E-state index contributed by atoms with van der Waals surface area (Å²) < 4.78 is 11.0. The van der Waals surface area contributed by atoms with E-state index in [1.165, 1.54) is 26.4 Å². The fraction of sp³-hybridized carbons (Fsp3) is 0.333. The number of hydrogen-bond donors (Lipinski definition) is 0. The van der Waals surface area contributed by atoms with E-state index < -0.39 is 16.9 Å². The Bertz CT molecular complexity index is 1460. The zero-order valence-corrected chi connectivity index (χ0v) is 24.2. The maximum absolute atomic E-state index is 14.4. The smallest absolute Gasteiger partial charge is 0.269 e. The third-order valence-electron chi connectivity index (χ3n) is 7.91. The number of nitro groups is 1. The number of carbonyl (C=O) groups is 2. The van der Waals surface area contributed by atoms with Crippen molar-refractivity contribution in [1.29, 1.82) is 0 Å². The van der Waals surface area contributed by atoms with Crippen molar-refractivity contribution in [3.63, 3.8) is 0 Å². The molecule has 2 amide bonds. The molecule has 0 saturated carbocycles. The van der Waals surface area contributed by atoms with Gasteiger partial charge in [0.15, 0.2) is 11.5 Å². The third-order valence-corrected chi connectivity index (χ3v) is 8.66. The van der Waals surface area contributed by atoms with Crippen LogP contribution in [0.2, 0.25) is 0 Å². The van der Waals surface area contributed by atoms with E-state index in [-0.39, 0.29) is 17.5 Å². The van der Waals surface area contributed by atoms with E-state index in [1.807, 2.05) is 35.4 Å². The number of nitro benzene ring substituents is 1. The average molecular weight is 577 g/mol. The molecule has 1 fully saturated rings. The Kier molecular flexibility index (Phi) is 8.07. The Morgan fingerprint density at radius 3 is 2.12 bits per heavy atom. The zero-order chi connectivity index (χ0) is 29.3. The van der Waals surface area contributed by atoms with Gasteiger partial charge in [0, 0.05) is 61.5 Å². The standard InChI is InChI=1S/C30H32N4O6S/c1-31-28(19-5-11-22(41-4)12-6-19)27(23-17-25(39-2)26(40-3)18-24(23)29(31)35)30(36)33-15-13-32(14-16-33)20-7-9-21(10-8-20)34(37)38/h5-12,17-18,27-28H,13-16H2,1-4H3/t27-,28+/m1/s1. The number of carbonyl (C=O) groups excluding carboxylic acids is 2. The Morgan fingerprint density at radius 2 is 1.56 bits per heavy atom. The molecule has 2 aliphatic heterocycles. The van der Waals surface area contributed by atoms with E-state index in [1.54, 1.807) is 48.0 Å². The number of hydrogen-bond acceptors (Lipinski definition) is 8. The van der Waals surface area contributed by atoms with Crippen molar-refractivity contribution < 1.29 is 24.0 Å². The van der Waals surface area contributed by atoms with Crippen LogP contribution in [0, 0.1) is 10.1 Å². The lowest BCUT2D eigenvalue weighted by Crippen LogP contribution is -2.53. The number of likely N-dealkylation sites (N-methyl/N-ethyl adjacent to an activating group) is 1. The molecule has 0 aliphatic carbocycles. The number of nitrogens with zero attached hydrogens (tertiary/aromatic N) is 4. The lowest BCUT2D eigenvalue weighted by atomic mass is 9.78. The van der Waals surface area contributed by atoms with Crippen molar-refractivity contribution >= 4 is 35.0 Å². The number of anilines is 1. The molecule has 0 aromatic heterocycles. The van der Waals surface area contributed by atoms with Gasteiger partial charge in [-0.05, 0) is 53.8 Å². The Balaban J connectivity index is 1.49. The highest BCUT2D eigenvalue weighted by atomic mass is 32.2.